The summed E-state index contributed by atoms with van der Waals surface area (Å²) in [6.07, 6.45) is 3.69. The first kappa shape index (κ1) is 14.8. The fourth-order valence-corrected chi connectivity index (χ4v) is 3.55. The second-order valence-corrected chi connectivity index (χ2v) is 6.34. The van der Waals surface area contributed by atoms with Gasteiger partial charge < -0.3 is 9.47 Å². The third kappa shape index (κ3) is 2.51. The average Bonchev–Trinajstić information content (AvgIpc) is 3.15. The van der Waals surface area contributed by atoms with Gasteiger partial charge in [0.15, 0.2) is 0 Å². The quantitative estimate of drug-likeness (QED) is 0.842. The molecule has 0 aliphatic carbocycles. The monoisotopic (exact) mass is 315 g/mol. The Morgan fingerprint density at radius 1 is 1.45 bits per heavy atom. The van der Waals surface area contributed by atoms with Gasteiger partial charge in [-0.2, -0.15) is 5.26 Å². The molecule has 0 N–H and O–H groups in total. The Kier molecular flexibility index (Phi) is 3.96. The molecular formula is C15H17N5OS. The van der Waals surface area contributed by atoms with Crippen LogP contribution in [-0.4, -0.2) is 51.9 Å². The van der Waals surface area contributed by atoms with E-state index < -0.39 is 0 Å². The lowest BCUT2D eigenvalue weighted by atomic mass is 10.1. The maximum Gasteiger partial charge on any atom is 0.265 e. The van der Waals surface area contributed by atoms with Crippen LogP contribution < -0.4 is 0 Å². The van der Waals surface area contributed by atoms with Gasteiger partial charge in [-0.05, 0) is 18.5 Å². The average molecular weight is 315 g/mol. The Balaban J connectivity index is 1.83. The van der Waals surface area contributed by atoms with Crippen LogP contribution >= 0.6 is 11.3 Å². The Bertz CT molecular complexity index is 728. The molecule has 0 saturated carbocycles. The first-order valence-corrected chi connectivity index (χ1v) is 7.94. The van der Waals surface area contributed by atoms with E-state index in [0.29, 0.717) is 23.5 Å². The molecule has 1 aliphatic heterocycles. The predicted octanol–water partition coefficient (Wildman–Crippen LogP) is 1.48. The number of carbonyl (C=O) groups is 1. The highest BCUT2D eigenvalue weighted by atomic mass is 32.1. The van der Waals surface area contributed by atoms with Crippen molar-refractivity contribution in [3.8, 4) is 6.07 Å². The normalized spacial score (nSPS) is 19.1. The van der Waals surface area contributed by atoms with Crippen LogP contribution in [0.25, 0.3) is 0 Å². The van der Waals surface area contributed by atoms with E-state index in [1.165, 1.54) is 11.3 Å². The molecule has 0 radical (unpaired) electrons. The molecule has 1 saturated heterocycles. The van der Waals surface area contributed by atoms with E-state index in [-0.39, 0.29) is 11.9 Å². The van der Waals surface area contributed by atoms with Crippen molar-refractivity contribution in [2.45, 2.75) is 6.04 Å². The molecule has 3 rings (SSSR count). The molecule has 22 heavy (non-hydrogen) atoms. The van der Waals surface area contributed by atoms with E-state index >= 15 is 0 Å². The molecule has 3 heterocycles. The van der Waals surface area contributed by atoms with Gasteiger partial charge in [0.05, 0.1) is 11.6 Å². The zero-order valence-corrected chi connectivity index (χ0v) is 13.4. The van der Waals surface area contributed by atoms with Crippen LogP contribution in [0.1, 0.15) is 27.1 Å². The van der Waals surface area contributed by atoms with Crippen molar-refractivity contribution in [3.05, 3.63) is 40.1 Å². The van der Waals surface area contributed by atoms with Gasteiger partial charge in [0.1, 0.15) is 16.8 Å². The van der Waals surface area contributed by atoms with E-state index in [2.05, 4.69) is 16.0 Å². The molecule has 6 nitrogen and oxygen atoms in total. The highest BCUT2D eigenvalue weighted by molar-refractivity contribution is 7.12. The molecule has 2 aromatic heterocycles. The van der Waals surface area contributed by atoms with Gasteiger partial charge >= 0.3 is 0 Å². The molecule has 1 fully saturated rings. The summed E-state index contributed by atoms with van der Waals surface area (Å²) in [5, 5.41) is 10.9. The number of amides is 1. The van der Waals surface area contributed by atoms with Crippen molar-refractivity contribution in [2.24, 2.45) is 7.05 Å². The van der Waals surface area contributed by atoms with E-state index in [4.69, 9.17) is 5.26 Å². The number of piperazine rings is 1. The standard InChI is InChI=1S/C15H17N5OS/c1-18-6-7-20(10-12(18)14-17-4-5-19(14)2)15(21)13-11(9-16)3-8-22-13/h3-5,8,12H,6-7,10H2,1-2H3/t12-/m0/s1. The van der Waals surface area contributed by atoms with Gasteiger partial charge in [0.25, 0.3) is 5.91 Å². The number of aryl methyl sites for hydroxylation is 1. The van der Waals surface area contributed by atoms with Gasteiger partial charge in [-0.3, -0.25) is 9.69 Å². The second kappa shape index (κ2) is 5.91. The number of rotatable bonds is 2. The SMILES string of the molecule is CN1CCN(C(=O)c2sccc2C#N)C[C@H]1c1nccn1C. The van der Waals surface area contributed by atoms with Crippen molar-refractivity contribution in [1.29, 1.82) is 5.26 Å². The van der Waals surface area contributed by atoms with Crippen LogP contribution in [0.5, 0.6) is 0 Å². The zero-order chi connectivity index (χ0) is 15.7. The predicted molar refractivity (Wildman–Crippen MR) is 83.5 cm³/mol. The van der Waals surface area contributed by atoms with E-state index in [0.717, 1.165) is 12.4 Å². The van der Waals surface area contributed by atoms with Crippen LogP contribution in [0.4, 0.5) is 0 Å². The summed E-state index contributed by atoms with van der Waals surface area (Å²) in [5.74, 6) is 0.894. The molecule has 7 heteroatoms. The third-order valence-corrected chi connectivity index (χ3v) is 4.97. The molecule has 1 amide bonds. The topological polar surface area (TPSA) is 65.2 Å². The van der Waals surface area contributed by atoms with Gasteiger partial charge in [-0.15, -0.1) is 11.3 Å². The lowest BCUT2D eigenvalue weighted by molar-refractivity contribution is 0.0533. The molecule has 0 spiro atoms. The van der Waals surface area contributed by atoms with Crippen molar-refractivity contribution in [1.82, 2.24) is 19.4 Å². The molecule has 0 bridgehead atoms. The summed E-state index contributed by atoms with van der Waals surface area (Å²) in [4.78, 5) is 21.7. The summed E-state index contributed by atoms with van der Waals surface area (Å²) >= 11 is 1.33. The molecule has 0 unspecified atom stereocenters. The Hall–Kier alpha value is -2.17. The van der Waals surface area contributed by atoms with Gasteiger partial charge in [0, 0.05) is 39.1 Å². The highest BCUT2D eigenvalue weighted by Crippen LogP contribution is 2.25. The Labute approximate surface area is 133 Å². The molecular weight excluding hydrogens is 298 g/mol. The number of hydrogen-bond donors (Lipinski definition) is 0. The summed E-state index contributed by atoms with van der Waals surface area (Å²) in [5.41, 5.74) is 0.461. The number of nitriles is 1. The minimum atomic E-state index is -0.0566. The maximum absolute atomic E-state index is 12.7. The van der Waals surface area contributed by atoms with Gasteiger partial charge in [-0.1, -0.05) is 0 Å². The number of imidazole rings is 1. The van der Waals surface area contributed by atoms with Crippen molar-refractivity contribution >= 4 is 17.2 Å². The Morgan fingerprint density at radius 3 is 2.95 bits per heavy atom. The summed E-state index contributed by atoms with van der Waals surface area (Å²) in [6.45, 7) is 2.04. The smallest absolute Gasteiger partial charge is 0.265 e. The van der Waals surface area contributed by atoms with E-state index in [9.17, 15) is 4.79 Å². The fourth-order valence-electron chi connectivity index (χ4n) is 2.74. The molecule has 2 aromatic rings. The van der Waals surface area contributed by atoms with Crippen LogP contribution in [0.15, 0.2) is 23.8 Å². The lowest BCUT2D eigenvalue weighted by Crippen LogP contribution is -2.49. The number of thiophene rings is 1. The first-order valence-electron chi connectivity index (χ1n) is 7.06. The van der Waals surface area contributed by atoms with Gasteiger partial charge in [0.2, 0.25) is 0 Å². The number of carbonyl (C=O) groups excluding carboxylic acids is 1. The molecule has 114 valence electrons. The van der Waals surface area contributed by atoms with Crippen LogP contribution in [0.3, 0.4) is 0 Å². The maximum atomic E-state index is 12.7. The first-order chi connectivity index (χ1) is 10.6. The van der Waals surface area contributed by atoms with Crippen molar-refractivity contribution in [3.63, 3.8) is 0 Å². The summed E-state index contributed by atoms with van der Waals surface area (Å²) < 4.78 is 1.99. The molecule has 0 aromatic carbocycles. The molecule has 1 atom stereocenters. The van der Waals surface area contributed by atoms with E-state index in [1.54, 1.807) is 17.6 Å². The number of hydrogen-bond acceptors (Lipinski definition) is 5. The van der Waals surface area contributed by atoms with Crippen molar-refractivity contribution in [2.75, 3.05) is 26.7 Å². The van der Waals surface area contributed by atoms with Crippen LogP contribution in [0, 0.1) is 11.3 Å². The minimum Gasteiger partial charge on any atom is -0.337 e. The fraction of sp³-hybridized carbons (Fsp3) is 0.400. The van der Waals surface area contributed by atoms with E-state index in [1.807, 2.05) is 29.8 Å². The van der Waals surface area contributed by atoms with Crippen LogP contribution in [0.2, 0.25) is 0 Å². The Morgan fingerprint density at radius 2 is 2.27 bits per heavy atom. The number of aromatic nitrogens is 2. The second-order valence-electron chi connectivity index (χ2n) is 5.42. The number of nitrogens with zero attached hydrogens (tertiary/aromatic N) is 5. The minimum absolute atomic E-state index is 0.0566. The van der Waals surface area contributed by atoms with Crippen molar-refractivity contribution < 1.29 is 4.79 Å². The number of likely N-dealkylation sites (N-methyl/N-ethyl adjacent to an activating group) is 1. The third-order valence-electron chi connectivity index (χ3n) is 4.07. The zero-order valence-electron chi connectivity index (χ0n) is 12.6. The lowest BCUT2D eigenvalue weighted by Gasteiger charge is -2.38. The largest absolute Gasteiger partial charge is 0.337 e. The highest BCUT2D eigenvalue weighted by Gasteiger charge is 2.32. The van der Waals surface area contributed by atoms with Crippen LogP contribution in [-0.2, 0) is 7.05 Å². The van der Waals surface area contributed by atoms with Gasteiger partial charge in [-0.25, -0.2) is 4.98 Å². The summed E-state index contributed by atoms with van der Waals surface area (Å²) in [7, 11) is 4.01. The summed E-state index contributed by atoms with van der Waals surface area (Å²) in [6, 6.07) is 3.86. The molecule has 1 aliphatic rings.